The summed E-state index contributed by atoms with van der Waals surface area (Å²) in [6, 6.07) is 9.97. The van der Waals surface area contributed by atoms with E-state index < -0.39 is 18.0 Å². The zero-order valence-electron chi connectivity index (χ0n) is 15.3. The van der Waals surface area contributed by atoms with E-state index in [0.29, 0.717) is 17.0 Å². The number of hydroxylamine groups is 1. The molecule has 140 valence electrons. The molecule has 1 atom stereocenters. The maximum absolute atomic E-state index is 12.5. The van der Waals surface area contributed by atoms with E-state index in [1.807, 2.05) is 30.3 Å². The van der Waals surface area contributed by atoms with E-state index in [4.69, 9.17) is 9.57 Å². The Labute approximate surface area is 157 Å². The van der Waals surface area contributed by atoms with Gasteiger partial charge in [-0.1, -0.05) is 30.3 Å². The molecule has 2 aromatic rings. The highest BCUT2D eigenvalue weighted by Crippen LogP contribution is 2.28. The minimum atomic E-state index is -0.892. The molecular weight excluding hydrogens is 354 g/mol. The number of esters is 1. The fraction of sp³-hybridized carbons (Fsp3) is 0.389. The lowest BCUT2D eigenvalue weighted by atomic mass is 10.2. The van der Waals surface area contributed by atoms with Crippen molar-refractivity contribution < 1.29 is 19.2 Å². The zero-order chi connectivity index (χ0) is 19.1. The van der Waals surface area contributed by atoms with Gasteiger partial charge in [-0.2, -0.15) is 5.10 Å². The van der Waals surface area contributed by atoms with Gasteiger partial charge in [0.05, 0.1) is 17.9 Å². The first kappa shape index (κ1) is 20.0. The number of hydrogen-bond acceptors (Lipinski definition) is 6. The van der Waals surface area contributed by atoms with Crippen LogP contribution in [0.5, 0.6) is 0 Å². The summed E-state index contributed by atoms with van der Waals surface area (Å²) < 4.78 is 6.52. The largest absolute Gasteiger partial charge is 0.464 e. The van der Waals surface area contributed by atoms with Crippen molar-refractivity contribution >= 4 is 23.6 Å². The van der Waals surface area contributed by atoms with Gasteiger partial charge in [0.1, 0.15) is 5.03 Å². The molecule has 7 nitrogen and oxygen atoms in total. The number of thioether (sulfide) groups is 1. The standard InChI is InChI=1S/C18H23N3O4S/c1-5-24-18(23)13(3)25-20-16(22)15-12(2)19-21(4)17(15)26-11-14-9-7-6-8-10-14/h6-10,13H,5,11H2,1-4H3,(H,20,22). The molecule has 1 amide bonds. The van der Waals surface area contributed by atoms with Crippen LogP contribution >= 0.6 is 11.8 Å². The quantitative estimate of drug-likeness (QED) is 0.433. The fourth-order valence-corrected chi connectivity index (χ4v) is 3.40. The summed E-state index contributed by atoms with van der Waals surface area (Å²) in [6.45, 7) is 5.23. The van der Waals surface area contributed by atoms with E-state index in [1.165, 1.54) is 18.7 Å². The third kappa shape index (κ3) is 5.09. The van der Waals surface area contributed by atoms with Crippen LogP contribution in [-0.2, 0) is 27.2 Å². The second-order valence-electron chi connectivity index (χ2n) is 5.61. The number of ether oxygens (including phenoxy) is 1. The van der Waals surface area contributed by atoms with Crippen molar-refractivity contribution in [1.82, 2.24) is 15.3 Å². The molecule has 1 aromatic carbocycles. The van der Waals surface area contributed by atoms with Gasteiger partial charge in [-0.25, -0.2) is 10.3 Å². The van der Waals surface area contributed by atoms with Crippen LogP contribution in [0.25, 0.3) is 0 Å². The van der Waals surface area contributed by atoms with Crippen molar-refractivity contribution in [2.75, 3.05) is 6.61 Å². The lowest BCUT2D eigenvalue weighted by molar-refractivity contribution is -0.158. The summed E-state index contributed by atoms with van der Waals surface area (Å²) in [5.74, 6) is -0.267. The number of rotatable bonds is 8. The smallest absolute Gasteiger partial charge is 0.337 e. The molecule has 1 heterocycles. The number of carbonyl (C=O) groups is 2. The molecule has 0 saturated heterocycles. The van der Waals surface area contributed by atoms with E-state index in [2.05, 4.69) is 10.6 Å². The first-order valence-corrected chi connectivity index (χ1v) is 9.25. The molecule has 0 aliphatic heterocycles. The monoisotopic (exact) mass is 377 g/mol. The Balaban J connectivity index is 2.06. The molecule has 1 unspecified atom stereocenters. The summed E-state index contributed by atoms with van der Waals surface area (Å²) in [5.41, 5.74) is 4.50. The zero-order valence-corrected chi connectivity index (χ0v) is 16.1. The second-order valence-corrected chi connectivity index (χ2v) is 6.57. The molecule has 26 heavy (non-hydrogen) atoms. The van der Waals surface area contributed by atoms with Gasteiger partial charge in [0, 0.05) is 12.8 Å². The van der Waals surface area contributed by atoms with E-state index in [-0.39, 0.29) is 6.61 Å². The van der Waals surface area contributed by atoms with Crippen LogP contribution in [0.2, 0.25) is 0 Å². The Morgan fingerprint density at radius 3 is 2.65 bits per heavy atom. The Kier molecular flexibility index (Phi) is 7.23. The van der Waals surface area contributed by atoms with Gasteiger partial charge in [0.2, 0.25) is 0 Å². The van der Waals surface area contributed by atoms with E-state index in [1.54, 1.807) is 25.6 Å². The Bertz CT molecular complexity index is 761. The number of aryl methyl sites for hydroxylation is 2. The summed E-state index contributed by atoms with van der Waals surface area (Å²) >= 11 is 1.52. The Morgan fingerprint density at radius 1 is 1.31 bits per heavy atom. The van der Waals surface area contributed by atoms with Crippen LogP contribution in [0.4, 0.5) is 0 Å². The Morgan fingerprint density at radius 2 is 2.00 bits per heavy atom. The molecule has 1 N–H and O–H groups in total. The second kappa shape index (κ2) is 9.40. The van der Waals surface area contributed by atoms with Crippen LogP contribution in [0, 0.1) is 6.92 Å². The van der Waals surface area contributed by atoms with Crippen molar-refractivity contribution in [2.45, 2.75) is 37.7 Å². The number of amides is 1. The molecule has 0 spiro atoms. The summed E-state index contributed by atoms with van der Waals surface area (Å²) in [6.07, 6.45) is -0.892. The molecule has 2 rings (SSSR count). The minimum Gasteiger partial charge on any atom is -0.464 e. The average molecular weight is 377 g/mol. The topological polar surface area (TPSA) is 82.4 Å². The molecule has 0 radical (unpaired) electrons. The number of nitrogens with one attached hydrogen (secondary N) is 1. The van der Waals surface area contributed by atoms with Crippen molar-refractivity contribution in [2.24, 2.45) is 7.05 Å². The third-order valence-corrected chi connectivity index (χ3v) is 4.78. The summed E-state index contributed by atoms with van der Waals surface area (Å²) in [4.78, 5) is 29.2. The normalized spacial score (nSPS) is 11.8. The van der Waals surface area contributed by atoms with Gasteiger partial charge in [-0.15, -0.1) is 11.8 Å². The highest BCUT2D eigenvalue weighted by Gasteiger charge is 2.23. The van der Waals surface area contributed by atoms with Gasteiger partial charge in [-0.05, 0) is 26.3 Å². The van der Waals surface area contributed by atoms with Crippen LogP contribution in [0.15, 0.2) is 35.4 Å². The fourth-order valence-electron chi connectivity index (χ4n) is 2.29. The van der Waals surface area contributed by atoms with E-state index in [9.17, 15) is 9.59 Å². The number of benzene rings is 1. The van der Waals surface area contributed by atoms with Gasteiger partial charge in [0.15, 0.2) is 6.10 Å². The third-order valence-electron chi connectivity index (χ3n) is 3.56. The van der Waals surface area contributed by atoms with Crippen LogP contribution in [-0.4, -0.2) is 34.4 Å². The van der Waals surface area contributed by atoms with Gasteiger partial charge in [0.25, 0.3) is 5.91 Å². The van der Waals surface area contributed by atoms with Gasteiger partial charge >= 0.3 is 5.97 Å². The highest BCUT2D eigenvalue weighted by atomic mass is 32.2. The molecular formula is C18H23N3O4S. The number of aromatic nitrogens is 2. The van der Waals surface area contributed by atoms with Crippen molar-refractivity contribution in [3.8, 4) is 0 Å². The molecule has 0 aliphatic rings. The minimum absolute atomic E-state index is 0.252. The van der Waals surface area contributed by atoms with Crippen molar-refractivity contribution in [3.05, 3.63) is 47.2 Å². The maximum atomic E-state index is 12.5. The van der Waals surface area contributed by atoms with E-state index in [0.717, 1.165) is 10.6 Å². The average Bonchev–Trinajstić information content (AvgIpc) is 2.92. The first-order valence-electron chi connectivity index (χ1n) is 8.27. The van der Waals surface area contributed by atoms with E-state index >= 15 is 0 Å². The lowest BCUT2D eigenvalue weighted by Gasteiger charge is -2.12. The van der Waals surface area contributed by atoms with Gasteiger partial charge in [-0.3, -0.25) is 14.3 Å². The predicted molar refractivity (Wildman–Crippen MR) is 98.6 cm³/mol. The lowest BCUT2D eigenvalue weighted by Crippen LogP contribution is -2.34. The van der Waals surface area contributed by atoms with Crippen molar-refractivity contribution in [3.63, 3.8) is 0 Å². The summed E-state index contributed by atoms with van der Waals surface area (Å²) in [5, 5.41) is 5.06. The summed E-state index contributed by atoms with van der Waals surface area (Å²) in [7, 11) is 1.79. The number of carbonyl (C=O) groups excluding carboxylic acids is 2. The van der Waals surface area contributed by atoms with Crippen LogP contribution < -0.4 is 5.48 Å². The van der Waals surface area contributed by atoms with Crippen molar-refractivity contribution in [1.29, 1.82) is 0 Å². The molecule has 0 saturated carbocycles. The molecule has 0 aliphatic carbocycles. The van der Waals surface area contributed by atoms with Crippen LogP contribution in [0.3, 0.4) is 0 Å². The number of nitrogens with zero attached hydrogens (tertiary/aromatic N) is 2. The SMILES string of the molecule is CCOC(=O)C(C)ONC(=O)c1c(C)nn(C)c1SCc1ccccc1. The predicted octanol–water partition coefficient (Wildman–Crippen LogP) is 2.63. The van der Waals surface area contributed by atoms with Crippen LogP contribution in [0.1, 0.15) is 35.5 Å². The molecule has 8 heteroatoms. The molecule has 1 aromatic heterocycles. The first-order chi connectivity index (χ1) is 12.4. The Hall–Kier alpha value is -2.32. The maximum Gasteiger partial charge on any atom is 0.337 e. The number of hydrogen-bond donors (Lipinski definition) is 1. The molecule has 0 fully saturated rings. The highest BCUT2D eigenvalue weighted by molar-refractivity contribution is 7.98. The molecule has 0 bridgehead atoms. The van der Waals surface area contributed by atoms with Gasteiger partial charge < -0.3 is 4.74 Å².